The van der Waals surface area contributed by atoms with Crippen LogP contribution in [0.2, 0.25) is 0 Å². The second-order valence-corrected chi connectivity index (χ2v) is 7.16. The minimum absolute atomic E-state index is 0.104. The van der Waals surface area contributed by atoms with Gasteiger partial charge in [-0.25, -0.2) is 0 Å². The molecule has 136 valence electrons. The minimum atomic E-state index is -0.627. The molecule has 1 fully saturated rings. The fraction of sp³-hybridized carbons (Fsp3) is 0.474. The SMILES string of the molecule is O=C(c1cc2c([nH]c1=O)CCCC2)N1C[C@@H](Cc2cnccn2)[C@H](O)C1. The van der Waals surface area contributed by atoms with E-state index in [1.54, 1.807) is 29.6 Å². The first-order valence-electron chi connectivity index (χ1n) is 9.09. The van der Waals surface area contributed by atoms with Gasteiger partial charge in [-0.3, -0.25) is 19.6 Å². The Morgan fingerprint density at radius 1 is 1.27 bits per heavy atom. The third kappa shape index (κ3) is 3.26. The number of hydrogen-bond acceptors (Lipinski definition) is 5. The summed E-state index contributed by atoms with van der Waals surface area (Å²) >= 11 is 0. The Hall–Kier alpha value is -2.54. The Morgan fingerprint density at radius 3 is 2.92 bits per heavy atom. The molecule has 2 aromatic rings. The summed E-state index contributed by atoms with van der Waals surface area (Å²) in [6.07, 6.45) is 8.72. The topological polar surface area (TPSA) is 99.2 Å². The number of H-pyrrole nitrogens is 1. The molecular weight excluding hydrogens is 332 g/mol. The first-order chi connectivity index (χ1) is 12.6. The summed E-state index contributed by atoms with van der Waals surface area (Å²) in [5.74, 6) is -0.410. The summed E-state index contributed by atoms with van der Waals surface area (Å²) in [4.78, 5) is 37.9. The summed E-state index contributed by atoms with van der Waals surface area (Å²) in [5.41, 5.74) is 2.66. The predicted molar refractivity (Wildman–Crippen MR) is 94.8 cm³/mol. The van der Waals surface area contributed by atoms with Crippen molar-refractivity contribution in [2.45, 2.75) is 38.2 Å². The lowest BCUT2D eigenvalue weighted by Gasteiger charge is -2.19. The van der Waals surface area contributed by atoms with E-state index in [1.807, 2.05) is 0 Å². The molecule has 0 spiro atoms. The third-order valence-electron chi connectivity index (χ3n) is 5.35. The van der Waals surface area contributed by atoms with Crippen LogP contribution in [0.4, 0.5) is 0 Å². The van der Waals surface area contributed by atoms with Gasteiger partial charge in [-0.05, 0) is 43.7 Å². The largest absolute Gasteiger partial charge is 0.391 e. The molecule has 0 radical (unpaired) electrons. The van der Waals surface area contributed by atoms with E-state index in [0.29, 0.717) is 13.0 Å². The Morgan fingerprint density at radius 2 is 2.12 bits per heavy atom. The van der Waals surface area contributed by atoms with Gasteiger partial charge in [0.2, 0.25) is 0 Å². The number of carbonyl (C=O) groups excluding carboxylic acids is 1. The minimum Gasteiger partial charge on any atom is -0.391 e. The quantitative estimate of drug-likeness (QED) is 0.846. The number of pyridine rings is 1. The van der Waals surface area contributed by atoms with Crippen LogP contribution in [0.3, 0.4) is 0 Å². The van der Waals surface area contributed by atoms with E-state index in [4.69, 9.17) is 0 Å². The fourth-order valence-corrected chi connectivity index (χ4v) is 3.93. The number of hydrogen-bond donors (Lipinski definition) is 2. The van der Waals surface area contributed by atoms with E-state index in [9.17, 15) is 14.7 Å². The van der Waals surface area contributed by atoms with Crippen molar-refractivity contribution in [3.05, 3.63) is 57.5 Å². The zero-order valence-corrected chi connectivity index (χ0v) is 14.5. The fourth-order valence-electron chi connectivity index (χ4n) is 3.93. The number of nitrogens with one attached hydrogen (secondary N) is 1. The van der Waals surface area contributed by atoms with E-state index in [-0.39, 0.29) is 29.5 Å². The van der Waals surface area contributed by atoms with Crippen molar-refractivity contribution in [1.29, 1.82) is 0 Å². The van der Waals surface area contributed by atoms with Crippen molar-refractivity contribution < 1.29 is 9.90 Å². The zero-order valence-electron chi connectivity index (χ0n) is 14.5. The number of nitrogens with zero attached hydrogens (tertiary/aromatic N) is 3. The molecule has 2 aromatic heterocycles. The summed E-state index contributed by atoms with van der Waals surface area (Å²) in [5, 5.41) is 10.3. The molecule has 3 heterocycles. The predicted octanol–water partition coefficient (Wildman–Crippen LogP) is 0.719. The molecule has 1 saturated heterocycles. The van der Waals surface area contributed by atoms with Crippen LogP contribution in [-0.4, -0.2) is 50.1 Å². The summed E-state index contributed by atoms with van der Waals surface area (Å²) in [6, 6.07) is 1.75. The number of aliphatic hydroxyl groups excluding tert-OH is 1. The number of amides is 1. The lowest BCUT2D eigenvalue weighted by molar-refractivity contribution is 0.0762. The normalized spacial score (nSPS) is 22.3. The van der Waals surface area contributed by atoms with Crippen LogP contribution in [0.15, 0.2) is 29.5 Å². The monoisotopic (exact) mass is 354 g/mol. The second-order valence-electron chi connectivity index (χ2n) is 7.16. The van der Waals surface area contributed by atoms with Crippen molar-refractivity contribution in [3.8, 4) is 0 Å². The average Bonchev–Trinajstić information content (AvgIpc) is 3.02. The summed E-state index contributed by atoms with van der Waals surface area (Å²) < 4.78 is 0. The van der Waals surface area contributed by atoms with Gasteiger partial charge in [-0.15, -0.1) is 0 Å². The molecule has 0 saturated carbocycles. The molecule has 7 nitrogen and oxygen atoms in total. The van der Waals surface area contributed by atoms with Crippen molar-refractivity contribution in [1.82, 2.24) is 19.9 Å². The van der Waals surface area contributed by atoms with Crippen molar-refractivity contribution in [2.75, 3.05) is 13.1 Å². The lowest BCUT2D eigenvalue weighted by Crippen LogP contribution is -2.34. The van der Waals surface area contributed by atoms with Crippen molar-refractivity contribution in [2.24, 2.45) is 5.92 Å². The number of fused-ring (bicyclic) bond motifs is 1. The lowest BCUT2D eigenvalue weighted by atomic mass is 9.95. The maximum absolute atomic E-state index is 12.9. The van der Waals surface area contributed by atoms with E-state index >= 15 is 0 Å². The van der Waals surface area contributed by atoms with Gasteiger partial charge >= 0.3 is 0 Å². The van der Waals surface area contributed by atoms with Crippen LogP contribution >= 0.6 is 0 Å². The Kier molecular flexibility index (Phi) is 4.55. The van der Waals surface area contributed by atoms with Crippen LogP contribution in [0.1, 0.15) is 40.2 Å². The highest BCUT2D eigenvalue weighted by atomic mass is 16.3. The Bertz CT molecular complexity index is 865. The molecule has 0 bridgehead atoms. The number of aromatic amines is 1. The van der Waals surface area contributed by atoms with Crippen LogP contribution in [0, 0.1) is 5.92 Å². The molecule has 4 rings (SSSR count). The van der Waals surface area contributed by atoms with Gasteiger partial charge in [0, 0.05) is 43.3 Å². The number of likely N-dealkylation sites (tertiary alicyclic amines) is 1. The number of carbonyl (C=O) groups is 1. The molecule has 1 aliphatic heterocycles. The van der Waals surface area contributed by atoms with Crippen molar-refractivity contribution in [3.63, 3.8) is 0 Å². The van der Waals surface area contributed by atoms with Gasteiger partial charge in [-0.2, -0.15) is 0 Å². The smallest absolute Gasteiger partial charge is 0.261 e. The molecule has 1 aliphatic carbocycles. The molecule has 2 atom stereocenters. The molecule has 26 heavy (non-hydrogen) atoms. The highest BCUT2D eigenvalue weighted by Crippen LogP contribution is 2.23. The van der Waals surface area contributed by atoms with Gasteiger partial charge in [0.25, 0.3) is 11.5 Å². The number of aryl methyl sites for hydroxylation is 2. The highest BCUT2D eigenvalue weighted by Gasteiger charge is 2.35. The van der Waals surface area contributed by atoms with Crippen molar-refractivity contribution >= 4 is 5.91 Å². The third-order valence-corrected chi connectivity index (χ3v) is 5.35. The molecule has 1 amide bonds. The molecule has 2 aliphatic rings. The number of rotatable bonds is 3. The number of β-amino-alcohol motifs (C(OH)–C–C–N with tert-alkyl or cyclic N) is 1. The van der Waals surface area contributed by atoms with Gasteiger partial charge in [-0.1, -0.05) is 0 Å². The van der Waals surface area contributed by atoms with Gasteiger partial charge in [0.1, 0.15) is 5.56 Å². The van der Waals surface area contributed by atoms with Gasteiger partial charge in [0.05, 0.1) is 11.8 Å². The molecule has 0 unspecified atom stereocenters. The summed E-state index contributed by atoms with van der Waals surface area (Å²) in [6.45, 7) is 0.646. The number of aromatic nitrogens is 3. The zero-order chi connectivity index (χ0) is 18.1. The second kappa shape index (κ2) is 6.99. The molecule has 0 aromatic carbocycles. The van der Waals surface area contributed by atoms with Crippen LogP contribution in [0.25, 0.3) is 0 Å². The van der Waals surface area contributed by atoms with Gasteiger partial charge < -0.3 is 15.0 Å². The van der Waals surface area contributed by atoms with Gasteiger partial charge in [0.15, 0.2) is 0 Å². The van der Waals surface area contributed by atoms with E-state index in [1.165, 1.54) is 0 Å². The van der Waals surface area contributed by atoms with E-state index in [0.717, 1.165) is 42.6 Å². The Labute approximate surface area is 151 Å². The summed E-state index contributed by atoms with van der Waals surface area (Å²) in [7, 11) is 0. The van der Waals surface area contributed by atoms with Crippen LogP contribution in [-0.2, 0) is 19.3 Å². The van der Waals surface area contributed by atoms with Crippen LogP contribution < -0.4 is 5.56 Å². The molecule has 7 heteroatoms. The maximum atomic E-state index is 12.9. The molecular formula is C19H22N4O3. The maximum Gasteiger partial charge on any atom is 0.261 e. The Balaban J connectivity index is 1.51. The van der Waals surface area contributed by atoms with E-state index < -0.39 is 6.10 Å². The first kappa shape index (κ1) is 16.9. The van der Waals surface area contributed by atoms with Crippen LogP contribution in [0.5, 0.6) is 0 Å². The average molecular weight is 354 g/mol. The standard InChI is InChI=1S/C19H22N4O3/c24-17-11-23(10-13(17)7-14-9-20-5-6-21-14)19(26)15-8-12-3-1-2-4-16(12)22-18(15)25/h5-6,8-9,13,17,24H,1-4,7,10-11H2,(H,22,25)/t13-,17-/m1/s1. The van der Waals surface area contributed by atoms with E-state index in [2.05, 4.69) is 15.0 Å². The highest BCUT2D eigenvalue weighted by molar-refractivity contribution is 5.94. The number of aliphatic hydroxyl groups is 1. The molecule has 2 N–H and O–H groups in total. The first-order valence-corrected chi connectivity index (χ1v) is 9.09.